The maximum Gasteiger partial charge on any atom is 0.251 e. The quantitative estimate of drug-likeness (QED) is 0.771. The largest absolute Gasteiger partial charge is 0.385 e. The van der Waals surface area contributed by atoms with E-state index >= 15 is 0 Å². The van der Waals surface area contributed by atoms with Crippen LogP contribution in [-0.2, 0) is 6.42 Å². The van der Waals surface area contributed by atoms with Crippen molar-refractivity contribution < 1.29 is 4.79 Å². The normalized spacial score (nSPS) is 13.9. The number of rotatable bonds is 2. The van der Waals surface area contributed by atoms with Gasteiger partial charge in [-0.3, -0.25) is 4.79 Å². The molecule has 1 amide bonds. The molecule has 0 bridgehead atoms. The van der Waals surface area contributed by atoms with E-state index in [0.29, 0.717) is 6.54 Å². The van der Waals surface area contributed by atoms with Gasteiger partial charge in [0.15, 0.2) is 0 Å². The number of carbonyl (C=O) groups excluding carboxylic acids is 1. The van der Waals surface area contributed by atoms with E-state index in [0.717, 1.165) is 24.9 Å². The minimum Gasteiger partial charge on any atom is -0.385 e. The van der Waals surface area contributed by atoms with Crippen LogP contribution in [0.25, 0.3) is 0 Å². The Balaban J connectivity index is 2.24. The monoisotopic (exact) mass is 204 g/mol. The van der Waals surface area contributed by atoms with E-state index in [1.165, 1.54) is 11.3 Å². The van der Waals surface area contributed by atoms with E-state index < -0.39 is 0 Å². The van der Waals surface area contributed by atoms with Crippen molar-refractivity contribution in [1.29, 1.82) is 0 Å². The lowest BCUT2D eigenvalue weighted by Gasteiger charge is -2.18. The molecule has 0 fully saturated rings. The summed E-state index contributed by atoms with van der Waals surface area (Å²) < 4.78 is 0. The number of benzene rings is 1. The molecule has 15 heavy (non-hydrogen) atoms. The van der Waals surface area contributed by atoms with Gasteiger partial charge in [-0.2, -0.15) is 0 Å². The average molecular weight is 204 g/mol. The number of aryl methyl sites for hydroxylation is 1. The van der Waals surface area contributed by atoms with Crippen LogP contribution in [0.3, 0.4) is 0 Å². The molecule has 1 aliphatic heterocycles. The Kier molecular flexibility index (Phi) is 2.90. The second-order valence-electron chi connectivity index (χ2n) is 3.76. The van der Waals surface area contributed by atoms with Crippen LogP contribution in [0.15, 0.2) is 18.2 Å². The van der Waals surface area contributed by atoms with Gasteiger partial charge in [-0.25, -0.2) is 0 Å². The van der Waals surface area contributed by atoms with E-state index in [9.17, 15) is 4.79 Å². The number of nitrogens with one attached hydrogen (secondary N) is 2. The molecule has 3 nitrogen and oxygen atoms in total. The third-order valence-electron chi connectivity index (χ3n) is 2.64. The standard InChI is InChI=1S/C12H16N2O/c1-2-13-12(15)10-5-6-11-9(8-10)4-3-7-14-11/h5-6,8,14H,2-4,7H2,1H3,(H,13,15). The summed E-state index contributed by atoms with van der Waals surface area (Å²) in [5, 5.41) is 6.14. The Morgan fingerprint density at radius 3 is 3.20 bits per heavy atom. The maximum absolute atomic E-state index is 11.6. The SMILES string of the molecule is CCNC(=O)c1ccc2c(c1)CCCN2. The number of carbonyl (C=O) groups is 1. The third-order valence-corrected chi connectivity index (χ3v) is 2.64. The molecular weight excluding hydrogens is 188 g/mol. The topological polar surface area (TPSA) is 41.1 Å². The van der Waals surface area contributed by atoms with Crippen molar-refractivity contribution in [2.24, 2.45) is 0 Å². The summed E-state index contributed by atoms with van der Waals surface area (Å²) in [6.07, 6.45) is 2.21. The summed E-state index contributed by atoms with van der Waals surface area (Å²) in [5.41, 5.74) is 3.19. The second kappa shape index (κ2) is 4.34. The molecule has 0 unspecified atom stereocenters. The zero-order valence-electron chi connectivity index (χ0n) is 8.97. The Labute approximate surface area is 89.9 Å². The molecule has 1 aromatic carbocycles. The Hall–Kier alpha value is -1.51. The maximum atomic E-state index is 11.6. The first kappa shape index (κ1) is 10.0. The van der Waals surface area contributed by atoms with Crippen molar-refractivity contribution in [2.45, 2.75) is 19.8 Å². The van der Waals surface area contributed by atoms with Gasteiger partial charge >= 0.3 is 0 Å². The van der Waals surface area contributed by atoms with Crippen LogP contribution in [0.5, 0.6) is 0 Å². The van der Waals surface area contributed by atoms with Crippen molar-refractivity contribution in [2.75, 3.05) is 18.4 Å². The van der Waals surface area contributed by atoms with Gasteiger partial charge in [0.05, 0.1) is 0 Å². The molecule has 1 aromatic rings. The van der Waals surface area contributed by atoms with Crippen molar-refractivity contribution >= 4 is 11.6 Å². The molecule has 0 atom stereocenters. The highest BCUT2D eigenvalue weighted by Crippen LogP contribution is 2.22. The molecule has 0 saturated heterocycles. The van der Waals surface area contributed by atoms with Crippen LogP contribution in [-0.4, -0.2) is 19.0 Å². The molecule has 80 valence electrons. The van der Waals surface area contributed by atoms with E-state index in [2.05, 4.69) is 10.6 Å². The van der Waals surface area contributed by atoms with Gasteiger partial charge < -0.3 is 10.6 Å². The lowest BCUT2D eigenvalue weighted by molar-refractivity contribution is 0.0956. The minimum absolute atomic E-state index is 0.0193. The molecule has 3 heteroatoms. The summed E-state index contributed by atoms with van der Waals surface area (Å²) in [4.78, 5) is 11.6. The van der Waals surface area contributed by atoms with Crippen molar-refractivity contribution in [1.82, 2.24) is 5.32 Å². The zero-order chi connectivity index (χ0) is 10.7. The van der Waals surface area contributed by atoms with E-state index in [4.69, 9.17) is 0 Å². The van der Waals surface area contributed by atoms with Gasteiger partial charge in [-0.1, -0.05) is 0 Å². The van der Waals surface area contributed by atoms with E-state index in [1.54, 1.807) is 0 Å². The number of fused-ring (bicyclic) bond motifs is 1. The van der Waals surface area contributed by atoms with Crippen LogP contribution in [0, 0.1) is 0 Å². The van der Waals surface area contributed by atoms with Gasteiger partial charge in [0.2, 0.25) is 0 Å². The third kappa shape index (κ3) is 2.12. The number of hydrogen-bond acceptors (Lipinski definition) is 2. The molecule has 0 radical (unpaired) electrons. The fraction of sp³-hybridized carbons (Fsp3) is 0.417. The highest BCUT2D eigenvalue weighted by atomic mass is 16.1. The Morgan fingerprint density at radius 1 is 1.53 bits per heavy atom. The number of amides is 1. The summed E-state index contributed by atoms with van der Waals surface area (Å²) in [5.74, 6) is 0.0193. The fourth-order valence-corrected chi connectivity index (χ4v) is 1.88. The molecule has 0 spiro atoms. The fourth-order valence-electron chi connectivity index (χ4n) is 1.88. The average Bonchev–Trinajstić information content (AvgIpc) is 2.29. The van der Waals surface area contributed by atoms with E-state index in [-0.39, 0.29) is 5.91 Å². The molecule has 0 aromatic heterocycles. The molecule has 2 rings (SSSR count). The lowest BCUT2D eigenvalue weighted by atomic mass is 10.0. The zero-order valence-corrected chi connectivity index (χ0v) is 8.97. The van der Waals surface area contributed by atoms with Gasteiger partial charge in [0, 0.05) is 24.3 Å². The Morgan fingerprint density at radius 2 is 2.40 bits per heavy atom. The van der Waals surface area contributed by atoms with Crippen LogP contribution in [0.2, 0.25) is 0 Å². The summed E-state index contributed by atoms with van der Waals surface area (Å²) in [7, 11) is 0. The first-order chi connectivity index (χ1) is 7.31. The highest BCUT2D eigenvalue weighted by molar-refractivity contribution is 5.94. The number of anilines is 1. The second-order valence-corrected chi connectivity index (χ2v) is 3.76. The molecule has 0 aliphatic carbocycles. The van der Waals surface area contributed by atoms with Crippen molar-refractivity contribution in [3.8, 4) is 0 Å². The molecule has 2 N–H and O–H groups in total. The molecule has 1 aliphatic rings. The molecule has 1 heterocycles. The lowest BCUT2D eigenvalue weighted by Crippen LogP contribution is -2.23. The van der Waals surface area contributed by atoms with Gasteiger partial charge in [0.1, 0.15) is 0 Å². The summed E-state index contributed by atoms with van der Waals surface area (Å²) in [6, 6.07) is 5.87. The summed E-state index contributed by atoms with van der Waals surface area (Å²) >= 11 is 0. The van der Waals surface area contributed by atoms with E-state index in [1.807, 2.05) is 25.1 Å². The van der Waals surface area contributed by atoms with Gasteiger partial charge in [-0.05, 0) is 43.5 Å². The Bertz CT molecular complexity index is 374. The van der Waals surface area contributed by atoms with Crippen LogP contribution in [0.4, 0.5) is 5.69 Å². The van der Waals surface area contributed by atoms with Crippen molar-refractivity contribution in [3.05, 3.63) is 29.3 Å². The van der Waals surface area contributed by atoms with Gasteiger partial charge in [-0.15, -0.1) is 0 Å². The van der Waals surface area contributed by atoms with Crippen LogP contribution < -0.4 is 10.6 Å². The molecule has 0 saturated carbocycles. The number of hydrogen-bond donors (Lipinski definition) is 2. The van der Waals surface area contributed by atoms with Gasteiger partial charge in [0.25, 0.3) is 5.91 Å². The predicted octanol–water partition coefficient (Wildman–Crippen LogP) is 1.79. The van der Waals surface area contributed by atoms with Crippen LogP contribution >= 0.6 is 0 Å². The molecular formula is C12H16N2O. The van der Waals surface area contributed by atoms with Crippen molar-refractivity contribution in [3.63, 3.8) is 0 Å². The predicted molar refractivity (Wildman–Crippen MR) is 61.3 cm³/mol. The highest BCUT2D eigenvalue weighted by Gasteiger charge is 2.11. The first-order valence-electron chi connectivity index (χ1n) is 5.46. The first-order valence-corrected chi connectivity index (χ1v) is 5.46. The smallest absolute Gasteiger partial charge is 0.251 e. The van der Waals surface area contributed by atoms with Crippen LogP contribution in [0.1, 0.15) is 29.3 Å². The summed E-state index contributed by atoms with van der Waals surface area (Å²) in [6.45, 7) is 3.64. The minimum atomic E-state index is 0.0193.